The van der Waals surface area contributed by atoms with Crippen molar-refractivity contribution in [1.29, 1.82) is 0 Å². The highest BCUT2D eigenvalue weighted by Gasteiger charge is 2.09. The molecule has 0 aliphatic heterocycles. The van der Waals surface area contributed by atoms with E-state index in [0.717, 1.165) is 10.9 Å². The summed E-state index contributed by atoms with van der Waals surface area (Å²) < 4.78 is 25.0. The average Bonchev–Trinajstić information content (AvgIpc) is 2.06. The highest BCUT2D eigenvalue weighted by molar-refractivity contribution is 9.10. The van der Waals surface area contributed by atoms with Crippen LogP contribution in [0.2, 0.25) is 0 Å². The summed E-state index contributed by atoms with van der Waals surface area (Å²) >= 11 is 2.98. The van der Waals surface area contributed by atoms with Crippen molar-refractivity contribution in [3.8, 4) is 0 Å². The van der Waals surface area contributed by atoms with Crippen LogP contribution in [0.3, 0.4) is 0 Å². The van der Waals surface area contributed by atoms with Gasteiger partial charge in [0.05, 0.1) is 18.6 Å². The molecular weight excluding hydrogens is 246 g/mol. The van der Waals surface area contributed by atoms with Crippen LogP contribution in [0.1, 0.15) is 5.69 Å². The summed E-state index contributed by atoms with van der Waals surface area (Å²) in [4.78, 5) is 15.0. The van der Waals surface area contributed by atoms with Crippen molar-refractivity contribution in [2.45, 2.75) is 19.9 Å². The number of rotatable bonds is 2. The lowest BCUT2D eigenvalue weighted by molar-refractivity contribution is 0.124. The summed E-state index contributed by atoms with van der Waals surface area (Å²) in [5.74, 6) is 0. The van der Waals surface area contributed by atoms with E-state index < -0.39 is 18.5 Å². The lowest BCUT2D eigenvalue weighted by atomic mass is 10.4. The van der Waals surface area contributed by atoms with Crippen LogP contribution in [0.25, 0.3) is 0 Å². The summed E-state index contributed by atoms with van der Waals surface area (Å²) in [6.07, 6.45) is -1.43. The fraction of sp³-hybridized carbons (Fsp3) is 0.429. The van der Waals surface area contributed by atoms with E-state index in [4.69, 9.17) is 0 Å². The maximum Gasteiger partial charge on any atom is 0.268 e. The van der Waals surface area contributed by atoms with Crippen LogP contribution in [0.5, 0.6) is 0 Å². The lowest BCUT2D eigenvalue weighted by Gasteiger charge is -2.05. The Labute approximate surface area is 81.5 Å². The van der Waals surface area contributed by atoms with Crippen molar-refractivity contribution in [3.63, 3.8) is 0 Å². The van der Waals surface area contributed by atoms with E-state index in [1.165, 1.54) is 0 Å². The molecule has 0 N–H and O–H groups in total. The van der Waals surface area contributed by atoms with E-state index in [1.54, 1.807) is 6.92 Å². The van der Waals surface area contributed by atoms with Crippen molar-refractivity contribution in [1.82, 2.24) is 9.55 Å². The topological polar surface area (TPSA) is 34.9 Å². The molecule has 0 saturated carbocycles. The van der Waals surface area contributed by atoms with E-state index in [-0.39, 0.29) is 4.47 Å². The van der Waals surface area contributed by atoms with Crippen molar-refractivity contribution in [3.05, 3.63) is 26.8 Å². The van der Waals surface area contributed by atoms with Crippen molar-refractivity contribution >= 4 is 15.9 Å². The van der Waals surface area contributed by atoms with Gasteiger partial charge in [0, 0.05) is 0 Å². The summed E-state index contributed by atoms with van der Waals surface area (Å²) in [6.45, 7) is 1.00. The monoisotopic (exact) mass is 252 g/mol. The second kappa shape index (κ2) is 3.95. The van der Waals surface area contributed by atoms with Gasteiger partial charge in [-0.3, -0.25) is 9.36 Å². The Kier molecular flexibility index (Phi) is 3.13. The number of aryl methyl sites for hydroxylation is 1. The molecule has 1 rings (SSSR count). The van der Waals surface area contributed by atoms with Gasteiger partial charge in [0.1, 0.15) is 4.47 Å². The number of hydrogen-bond acceptors (Lipinski definition) is 2. The molecule has 0 atom stereocenters. The summed E-state index contributed by atoms with van der Waals surface area (Å²) in [5, 5.41) is 0. The molecule has 0 spiro atoms. The molecule has 0 unspecified atom stereocenters. The molecule has 0 aliphatic carbocycles. The van der Waals surface area contributed by atoms with E-state index in [9.17, 15) is 13.6 Å². The first-order valence-corrected chi connectivity index (χ1v) is 4.31. The first-order valence-electron chi connectivity index (χ1n) is 3.52. The minimum Gasteiger partial charge on any atom is -0.293 e. The molecule has 3 nitrogen and oxygen atoms in total. The highest BCUT2D eigenvalue weighted by atomic mass is 79.9. The third kappa shape index (κ3) is 2.33. The molecule has 1 aromatic rings. The summed E-state index contributed by atoms with van der Waals surface area (Å²) in [5.41, 5.74) is 0.0170. The first-order chi connectivity index (χ1) is 6.02. The van der Waals surface area contributed by atoms with Gasteiger partial charge in [-0.1, -0.05) is 0 Å². The smallest absolute Gasteiger partial charge is 0.268 e. The zero-order valence-corrected chi connectivity index (χ0v) is 8.38. The molecular formula is C7H7BrF2N2O. The molecule has 6 heteroatoms. The van der Waals surface area contributed by atoms with Crippen molar-refractivity contribution in [2.75, 3.05) is 0 Å². The third-order valence-electron chi connectivity index (χ3n) is 1.49. The number of halogens is 3. The molecule has 0 aliphatic rings. The van der Waals surface area contributed by atoms with E-state index in [1.807, 2.05) is 0 Å². The van der Waals surface area contributed by atoms with Crippen LogP contribution < -0.4 is 5.56 Å². The molecule has 0 aromatic carbocycles. The number of hydrogen-bond donors (Lipinski definition) is 0. The van der Waals surface area contributed by atoms with Crippen LogP contribution >= 0.6 is 15.9 Å². The van der Waals surface area contributed by atoms with E-state index in [0.29, 0.717) is 5.69 Å². The highest BCUT2D eigenvalue weighted by Crippen LogP contribution is 2.06. The molecule has 0 bridgehead atoms. The molecule has 0 radical (unpaired) electrons. The van der Waals surface area contributed by atoms with Crippen LogP contribution in [-0.2, 0) is 6.54 Å². The molecule has 1 aromatic heterocycles. The van der Waals surface area contributed by atoms with Gasteiger partial charge >= 0.3 is 0 Å². The largest absolute Gasteiger partial charge is 0.293 e. The van der Waals surface area contributed by atoms with Crippen LogP contribution in [-0.4, -0.2) is 16.0 Å². The zero-order chi connectivity index (χ0) is 10.0. The van der Waals surface area contributed by atoms with Gasteiger partial charge < -0.3 is 0 Å². The molecule has 0 saturated heterocycles. The fourth-order valence-corrected chi connectivity index (χ4v) is 1.16. The van der Waals surface area contributed by atoms with Crippen LogP contribution in [0.4, 0.5) is 8.78 Å². The van der Waals surface area contributed by atoms with Crippen LogP contribution in [0.15, 0.2) is 15.6 Å². The van der Waals surface area contributed by atoms with Gasteiger partial charge in [0.15, 0.2) is 0 Å². The maximum absolute atomic E-state index is 11.9. The lowest BCUT2D eigenvalue weighted by Crippen LogP contribution is -2.24. The van der Waals surface area contributed by atoms with Crippen molar-refractivity contribution < 1.29 is 8.78 Å². The quantitative estimate of drug-likeness (QED) is 0.801. The second-order valence-corrected chi connectivity index (χ2v) is 3.29. The van der Waals surface area contributed by atoms with Crippen molar-refractivity contribution in [2.24, 2.45) is 0 Å². The van der Waals surface area contributed by atoms with E-state index in [2.05, 4.69) is 20.9 Å². The summed E-state index contributed by atoms with van der Waals surface area (Å²) in [6, 6.07) is 0. The third-order valence-corrected chi connectivity index (χ3v) is 2.40. The Balaban J connectivity index is 3.12. The normalized spacial score (nSPS) is 10.8. The van der Waals surface area contributed by atoms with E-state index >= 15 is 0 Å². The number of nitrogens with zero attached hydrogens (tertiary/aromatic N) is 2. The minimum absolute atomic E-state index is 0.232. The fourth-order valence-electron chi connectivity index (χ4n) is 0.825. The first kappa shape index (κ1) is 10.3. The zero-order valence-electron chi connectivity index (χ0n) is 6.80. The standard InChI is InChI=1S/C7H7BrF2N2O/c1-4-6(8)7(13)12(3-11-4)2-5(9)10/h3,5H,2H2,1H3. The number of alkyl halides is 2. The predicted octanol–water partition coefficient (Wildman–Crippen LogP) is 1.58. The van der Waals surface area contributed by atoms with Gasteiger partial charge in [0.2, 0.25) is 0 Å². The van der Waals surface area contributed by atoms with Gasteiger partial charge in [0.25, 0.3) is 12.0 Å². The second-order valence-electron chi connectivity index (χ2n) is 2.49. The SMILES string of the molecule is Cc1ncn(CC(F)F)c(=O)c1Br. The van der Waals surface area contributed by atoms with Gasteiger partial charge in [-0.2, -0.15) is 0 Å². The maximum atomic E-state index is 11.9. The minimum atomic E-state index is -2.55. The molecule has 13 heavy (non-hydrogen) atoms. The summed E-state index contributed by atoms with van der Waals surface area (Å²) in [7, 11) is 0. The van der Waals surface area contributed by atoms with Gasteiger partial charge in [-0.15, -0.1) is 0 Å². The Bertz CT molecular complexity index is 364. The average molecular weight is 253 g/mol. The van der Waals surface area contributed by atoms with Crippen LogP contribution in [0, 0.1) is 6.92 Å². The molecule has 0 amide bonds. The molecule has 1 heterocycles. The predicted molar refractivity (Wildman–Crippen MR) is 46.9 cm³/mol. The van der Waals surface area contributed by atoms with Gasteiger partial charge in [-0.05, 0) is 22.9 Å². The molecule has 72 valence electrons. The Hall–Kier alpha value is -0.780. The Morgan fingerprint density at radius 1 is 1.69 bits per heavy atom. The Morgan fingerprint density at radius 3 is 2.85 bits per heavy atom. The number of aromatic nitrogens is 2. The van der Waals surface area contributed by atoms with Gasteiger partial charge in [-0.25, -0.2) is 13.8 Å². The Morgan fingerprint density at radius 2 is 2.31 bits per heavy atom. The molecule has 0 fully saturated rings.